The molecule has 0 bridgehead atoms. The van der Waals surface area contributed by atoms with Gasteiger partial charge in [-0.1, -0.05) is 0 Å². The molecule has 0 radical (unpaired) electrons. The summed E-state index contributed by atoms with van der Waals surface area (Å²) in [4.78, 5) is 11.6. The standard InChI is InChI=1S/C9H19N3O4S/c10-17(15,16)12-5-2-8(3-6-12)9(14)11-4-1-7-13/h8,13H,1-7H2,(H,11,14)(H2,10,15,16). The van der Waals surface area contributed by atoms with Crippen LogP contribution in [0, 0.1) is 5.92 Å². The van der Waals surface area contributed by atoms with Crippen LogP contribution < -0.4 is 10.5 Å². The Kier molecular flexibility index (Phi) is 5.31. The molecule has 0 aromatic heterocycles. The second kappa shape index (κ2) is 6.29. The van der Waals surface area contributed by atoms with Crippen LogP contribution in [0.25, 0.3) is 0 Å². The SMILES string of the molecule is NS(=O)(=O)N1CCC(C(=O)NCCCO)CC1. The molecule has 0 aromatic carbocycles. The zero-order valence-electron chi connectivity index (χ0n) is 9.63. The van der Waals surface area contributed by atoms with Crippen molar-refractivity contribution in [3.05, 3.63) is 0 Å². The fourth-order valence-electron chi connectivity index (χ4n) is 1.81. The number of hydrogen-bond acceptors (Lipinski definition) is 4. The molecule has 1 saturated heterocycles. The van der Waals surface area contributed by atoms with Gasteiger partial charge in [-0.05, 0) is 19.3 Å². The summed E-state index contributed by atoms with van der Waals surface area (Å²) in [6.07, 6.45) is 1.50. The van der Waals surface area contributed by atoms with E-state index in [2.05, 4.69) is 5.32 Å². The van der Waals surface area contributed by atoms with Crippen LogP contribution in [0.4, 0.5) is 0 Å². The molecule has 100 valence electrons. The van der Waals surface area contributed by atoms with Crippen LogP contribution in [-0.4, -0.2) is 50.0 Å². The number of aliphatic hydroxyl groups excluding tert-OH is 1. The van der Waals surface area contributed by atoms with Gasteiger partial charge in [-0.25, -0.2) is 5.14 Å². The monoisotopic (exact) mass is 265 g/mol. The molecule has 4 N–H and O–H groups in total. The maximum atomic E-state index is 11.6. The number of nitrogens with zero attached hydrogens (tertiary/aromatic N) is 1. The molecule has 1 aliphatic rings. The van der Waals surface area contributed by atoms with E-state index in [1.807, 2.05) is 0 Å². The zero-order valence-corrected chi connectivity index (χ0v) is 10.4. The van der Waals surface area contributed by atoms with Crippen molar-refractivity contribution in [2.45, 2.75) is 19.3 Å². The van der Waals surface area contributed by atoms with Gasteiger partial charge in [0.15, 0.2) is 0 Å². The quantitative estimate of drug-likeness (QED) is 0.520. The van der Waals surface area contributed by atoms with Gasteiger partial charge in [-0.15, -0.1) is 0 Å². The topological polar surface area (TPSA) is 113 Å². The van der Waals surface area contributed by atoms with Crippen LogP contribution in [0.15, 0.2) is 0 Å². The van der Waals surface area contributed by atoms with E-state index in [0.29, 0.717) is 25.8 Å². The number of carbonyl (C=O) groups excluding carboxylic acids is 1. The van der Waals surface area contributed by atoms with Gasteiger partial charge in [-0.2, -0.15) is 12.7 Å². The summed E-state index contributed by atoms with van der Waals surface area (Å²) in [6.45, 7) is 1.07. The summed E-state index contributed by atoms with van der Waals surface area (Å²) in [6, 6.07) is 0. The fourth-order valence-corrected chi connectivity index (χ4v) is 2.53. The minimum Gasteiger partial charge on any atom is -0.396 e. The van der Waals surface area contributed by atoms with E-state index in [1.54, 1.807) is 0 Å². The summed E-state index contributed by atoms with van der Waals surface area (Å²) in [5.74, 6) is -0.237. The first-order valence-electron chi connectivity index (χ1n) is 5.61. The van der Waals surface area contributed by atoms with Crippen molar-refractivity contribution in [3.63, 3.8) is 0 Å². The third-order valence-electron chi connectivity index (χ3n) is 2.82. The number of aliphatic hydroxyl groups is 1. The number of nitrogens with two attached hydrogens (primary N) is 1. The second-order valence-corrected chi connectivity index (χ2v) is 5.63. The summed E-state index contributed by atoms with van der Waals surface area (Å²) in [5.41, 5.74) is 0. The Morgan fingerprint density at radius 1 is 1.41 bits per heavy atom. The van der Waals surface area contributed by atoms with Crippen molar-refractivity contribution in [3.8, 4) is 0 Å². The molecule has 0 aliphatic carbocycles. The Morgan fingerprint density at radius 3 is 2.47 bits per heavy atom. The average molecular weight is 265 g/mol. The highest BCUT2D eigenvalue weighted by Gasteiger charge is 2.28. The zero-order chi connectivity index (χ0) is 12.9. The fraction of sp³-hybridized carbons (Fsp3) is 0.889. The molecule has 1 fully saturated rings. The Bertz CT molecular complexity index is 349. The Morgan fingerprint density at radius 2 is 2.00 bits per heavy atom. The van der Waals surface area contributed by atoms with E-state index >= 15 is 0 Å². The van der Waals surface area contributed by atoms with E-state index in [0.717, 1.165) is 0 Å². The molecule has 0 atom stereocenters. The maximum Gasteiger partial charge on any atom is 0.276 e. The predicted molar refractivity (Wildman–Crippen MR) is 62.1 cm³/mol. The smallest absolute Gasteiger partial charge is 0.276 e. The Hall–Kier alpha value is -0.700. The molecular weight excluding hydrogens is 246 g/mol. The van der Waals surface area contributed by atoms with Crippen LogP contribution in [0.3, 0.4) is 0 Å². The highest BCUT2D eigenvalue weighted by atomic mass is 32.2. The van der Waals surface area contributed by atoms with Crippen molar-refractivity contribution in [1.29, 1.82) is 0 Å². The molecule has 8 heteroatoms. The van der Waals surface area contributed by atoms with Crippen molar-refractivity contribution in [2.24, 2.45) is 11.1 Å². The van der Waals surface area contributed by atoms with Crippen molar-refractivity contribution in [2.75, 3.05) is 26.2 Å². The van der Waals surface area contributed by atoms with Gasteiger partial charge in [0.25, 0.3) is 10.2 Å². The van der Waals surface area contributed by atoms with Gasteiger partial charge in [0.05, 0.1) is 0 Å². The number of rotatable bonds is 5. The van der Waals surface area contributed by atoms with E-state index in [-0.39, 0.29) is 31.5 Å². The first kappa shape index (κ1) is 14.4. The van der Waals surface area contributed by atoms with E-state index in [9.17, 15) is 13.2 Å². The summed E-state index contributed by atoms with van der Waals surface area (Å²) in [5, 5.41) is 16.3. The van der Waals surface area contributed by atoms with Gasteiger partial charge in [0.2, 0.25) is 5.91 Å². The van der Waals surface area contributed by atoms with Crippen LogP contribution in [0.5, 0.6) is 0 Å². The summed E-state index contributed by atoms with van der Waals surface area (Å²) < 4.78 is 23.3. The molecule has 1 aliphatic heterocycles. The number of hydrogen-bond donors (Lipinski definition) is 3. The lowest BCUT2D eigenvalue weighted by Gasteiger charge is -2.28. The lowest BCUT2D eigenvalue weighted by molar-refractivity contribution is -0.126. The van der Waals surface area contributed by atoms with Crippen molar-refractivity contribution in [1.82, 2.24) is 9.62 Å². The van der Waals surface area contributed by atoms with E-state index in [4.69, 9.17) is 10.2 Å². The van der Waals surface area contributed by atoms with Gasteiger partial charge in [0, 0.05) is 32.2 Å². The first-order chi connectivity index (χ1) is 7.95. The normalized spacial score (nSPS) is 19.2. The van der Waals surface area contributed by atoms with E-state index < -0.39 is 10.2 Å². The van der Waals surface area contributed by atoms with Gasteiger partial charge in [0.1, 0.15) is 0 Å². The third kappa shape index (κ3) is 4.58. The number of amides is 1. The average Bonchev–Trinajstić information content (AvgIpc) is 2.28. The minimum absolute atomic E-state index is 0.0458. The molecule has 0 aromatic rings. The van der Waals surface area contributed by atoms with Gasteiger partial charge < -0.3 is 10.4 Å². The lowest BCUT2D eigenvalue weighted by Crippen LogP contribution is -2.45. The molecule has 17 heavy (non-hydrogen) atoms. The first-order valence-corrected chi connectivity index (χ1v) is 7.12. The maximum absolute atomic E-state index is 11.6. The summed E-state index contributed by atoms with van der Waals surface area (Å²) in [7, 11) is -3.63. The molecule has 7 nitrogen and oxygen atoms in total. The molecular formula is C9H19N3O4S. The van der Waals surface area contributed by atoms with Gasteiger partial charge >= 0.3 is 0 Å². The largest absolute Gasteiger partial charge is 0.396 e. The second-order valence-electron chi connectivity index (χ2n) is 4.09. The third-order valence-corrected chi connectivity index (χ3v) is 3.90. The van der Waals surface area contributed by atoms with Crippen molar-refractivity contribution < 1.29 is 18.3 Å². The minimum atomic E-state index is -3.63. The highest BCUT2D eigenvalue weighted by Crippen LogP contribution is 2.18. The van der Waals surface area contributed by atoms with Crippen LogP contribution in [-0.2, 0) is 15.0 Å². The Labute approximate surface area is 101 Å². The van der Waals surface area contributed by atoms with Crippen LogP contribution in [0.1, 0.15) is 19.3 Å². The molecule has 1 rings (SSSR count). The number of piperidine rings is 1. The predicted octanol–water partition coefficient (Wildman–Crippen LogP) is -1.60. The molecule has 1 heterocycles. The van der Waals surface area contributed by atoms with E-state index in [1.165, 1.54) is 4.31 Å². The van der Waals surface area contributed by atoms with Crippen molar-refractivity contribution >= 4 is 16.1 Å². The van der Waals surface area contributed by atoms with Gasteiger partial charge in [-0.3, -0.25) is 4.79 Å². The molecule has 0 saturated carbocycles. The highest BCUT2D eigenvalue weighted by molar-refractivity contribution is 7.86. The Balaban J connectivity index is 2.34. The lowest BCUT2D eigenvalue weighted by atomic mass is 9.97. The number of nitrogens with one attached hydrogen (secondary N) is 1. The molecule has 0 spiro atoms. The number of carbonyl (C=O) groups is 1. The molecule has 1 amide bonds. The van der Waals surface area contributed by atoms with Crippen LogP contribution in [0.2, 0.25) is 0 Å². The summed E-state index contributed by atoms with van der Waals surface area (Å²) >= 11 is 0. The van der Waals surface area contributed by atoms with Crippen LogP contribution >= 0.6 is 0 Å². The molecule has 0 unspecified atom stereocenters.